The highest BCUT2D eigenvalue weighted by atomic mass is 32.2. The Balaban J connectivity index is 2.42. The van der Waals surface area contributed by atoms with Gasteiger partial charge in [0.05, 0.1) is 16.2 Å². The Morgan fingerprint density at radius 2 is 1.95 bits per heavy atom. The third-order valence-electron chi connectivity index (χ3n) is 2.92. The van der Waals surface area contributed by atoms with Crippen LogP contribution in [0.5, 0.6) is 0 Å². The van der Waals surface area contributed by atoms with E-state index in [0.29, 0.717) is 0 Å². The fraction of sp³-hybridized carbons (Fsp3) is 0.143. The molecule has 1 aromatic heterocycles. The molecule has 0 saturated carbocycles. The molecule has 21 heavy (non-hydrogen) atoms. The minimum atomic E-state index is -3.52. The number of pyridine rings is 1. The molecule has 2 aromatic rings. The number of benzene rings is 1. The lowest BCUT2D eigenvalue weighted by molar-refractivity contribution is 0.102. The molecule has 7 heteroatoms. The normalized spacial score (nSPS) is 11.1. The third-order valence-corrected chi connectivity index (χ3v) is 4.71. The first kappa shape index (κ1) is 15.0. The zero-order valence-corrected chi connectivity index (χ0v) is 12.1. The van der Waals surface area contributed by atoms with Crippen LogP contribution in [-0.2, 0) is 9.84 Å². The van der Waals surface area contributed by atoms with E-state index in [0.717, 1.165) is 0 Å². The highest BCUT2D eigenvalue weighted by Crippen LogP contribution is 2.18. The number of sulfone groups is 1. The van der Waals surface area contributed by atoms with Crippen LogP contribution in [0.3, 0.4) is 0 Å². The number of carbonyl (C=O) groups excluding carboxylic acids is 1. The molecule has 110 valence electrons. The average molecular weight is 306 g/mol. The standard InChI is InChI=1S/C14H14N2O4S/c1-2-21(19,20)13-6-4-3-5-10(13)14(18)16-11-9-15-8-7-12(11)17/h3-9H,2H2,1H3,(H,15,17)(H,16,18). The van der Waals surface area contributed by atoms with Crippen LogP contribution in [0, 0.1) is 0 Å². The number of nitrogens with one attached hydrogen (secondary N) is 2. The lowest BCUT2D eigenvalue weighted by atomic mass is 10.2. The van der Waals surface area contributed by atoms with Gasteiger partial charge >= 0.3 is 0 Å². The van der Waals surface area contributed by atoms with Gasteiger partial charge in [0.1, 0.15) is 5.69 Å². The van der Waals surface area contributed by atoms with Gasteiger partial charge in [0.25, 0.3) is 5.91 Å². The molecule has 6 nitrogen and oxygen atoms in total. The van der Waals surface area contributed by atoms with Crippen molar-refractivity contribution in [2.24, 2.45) is 0 Å². The van der Waals surface area contributed by atoms with Crippen LogP contribution in [-0.4, -0.2) is 25.1 Å². The molecule has 0 atom stereocenters. The first-order valence-electron chi connectivity index (χ1n) is 6.26. The van der Waals surface area contributed by atoms with E-state index in [-0.39, 0.29) is 27.3 Å². The summed E-state index contributed by atoms with van der Waals surface area (Å²) in [5.41, 5.74) is -0.285. The molecule has 1 amide bonds. The quantitative estimate of drug-likeness (QED) is 0.893. The number of hydrogen-bond acceptors (Lipinski definition) is 4. The van der Waals surface area contributed by atoms with Crippen molar-refractivity contribution in [3.8, 4) is 0 Å². The van der Waals surface area contributed by atoms with Gasteiger partial charge in [0.15, 0.2) is 9.84 Å². The van der Waals surface area contributed by atoms with E-state index in [1.807, 2.05) is 0 Å². The van der Waals surface area contributed by atoms with E-state index < -0.39 is 15.7 Å². The van der Waals surface area contributed by atoms with Gasteiger partial charge in [-0.25, -0.2) is 8.42 Å². The number of hydrogen-bond donors (Lipinski definition) is 2. The number of aromatic nitrogens is 1. The summed E-state index contributed by atoms with van der Waals surface area (Å²) in [6.45, 7) is 1.51. The summed E-state index contributed by atoms with van der Waals surface area (Å²) in [5, 5.41) is 2.42. The molecular weight excluding hydrogens is 292 g/mol. The Labute approximate surface area is 121 Å². The van der Waals surface area contributed by atoms with Gasteiger partial charge in [0, 0.05) is 18.5 Å². The van der Waals surface area contributed by atoms with Gasteiger partial charge in [-0.1, -0.05) is 19.1 Å². The molecule has 0 fully saturated rings. The van der Waals surface area contributed by atoms with Gasteiger partial charge in [-0.3, -0.25) is 9.59 Å². The van der Waals surface area contributed by atoms with Crippen LogP contribution in [0.15, 0.2) is 52.4 Å². The van der Waals surface area contributed by atoms with Crippen molar-refractivity contribution in [1.82, 2.24) is 4.98 Å². The van der Waals surface area contributed by atoms with Crippen LogP contribution in [0.2, 0.25) is 0 Å². The number of rotatable bonds is 4. The van der Waals surface area contributed by atoms with Crippen LogP contribution in [0.1, 0.15) is 17.3 Å². The van der Waals surface area contributed by atoms with E-state index in [1.165, 1.54) is 37.5 Å². The van der Waals surface area contributed by atoms with Gasteiger partial charge in [-0.15, -0.1) is 0 Å². The van der Waals surface area contributed by atoms with E-state index in [1.54, 1.807) is 12.1 Å². The van der Waals surface area contributed by atoms with Crippen molar-refractivity contribution in [2.45, 2.75) is 11.8 Å². The summed E-state index contributed by atoms with van der Waals surface area (Å²) in [5.74, 6) is -0.747. The van der Waals surface area contributed by atoms with Crippen molar-refractivity contribution in [2.75, 3.05) is 11.1 Å². The molecule has 0 aliphatic heterocycles. The molecule has 1 aromatic carbocycles. The van der Waals surface area contributed by atoms with Crippen LogP contribution in [0.25, 0.3) is 0 Å². The van der Waals surface area contributed by atoms with Crippen LogP contribution in [0.4, 0.5) is 5.69 Å². The number of amides is 1. The first-order valence-corrected chi connectivity index (χ1v) is 7.91. The van der Waals surface area contributed by atoms with Crippen molar-refractivity contribution >= 4 is 21.4 Å². The van der Waals surface area contributed by atoms with Crippen molar-refractivity contribution in [1.29, 1.82) is 0 Å². The molecule has 1 heterocycles. The molecule has 0 saturated heterocycles. The van der Waals surface area contributed by atoms with Gasteiger partial charge < -0.3 is 10.3 Å². The monoisotopic (exact) mass is 306 g/mol. The van der Waals surface area contributed by atoms with Crippen LogP contribution < -0.4 is 10.7 Å². The summed E-state index contributed by atoms with van der Waals surface area (Å²) in [6, 6.07) is 7.18. The molecule has 0 aliphatic rings. The molecular formula is C14H14N2O4S. The van der Waals surface area contributed by atoms with Crippen LogP contribution >= 0.6 is 0 Å². The fourth-order valence-electron chi connectivity index (χ4n) is 1.78. The predicted octanol–water partition coefficient (Wildman–Crippen LogP) is 1.42. The van der Waals surface area contributed by atoms with Gasteiger partial charge in [-0.05, 0) is 12.1 Å². The topological polar surface area (TPSA) is 96.1 Å². The number of carbonyl (C=O) groups is 1. The second-order valence-electron chi connectivity index (χ2n) is 4.28. The largest absolute Gasteiger partial charge is 0.366 e. The SMILES string of the molecule is CCS(=O)(=O)c1ccccc1C(=O)Nc1c[nH]ccc1=O. The summed E-state index contributed by atoms with van der Waals surface area (Å²) >= 11 is 0. The zero-order valence-electron chi connectivity index (χ0n) is 11.3. The molecule has 2 N–H and O–H groups in total. The molecule has 0 unspecified atom stereocenters. The number of H-pyrrole nitrogens is 1. The number of anilines is 1. The fourth-order valence-corrected chi connectivity index (χ4v) is 2.88. The first-order chi connectivity index (χ1) is 9.95. The van der Waals surface area contributed by atoms with E-state index >= 15 is 0 Å². The van der Waals surface area contributed by atoms with Crippen molar-refractivity contribution in [3.05, 3.63) is 58.5 Å². The molecule has 0 spiro atoms. The summed E-state index contributed by atoms with van der Waals surface area (Å²) in [6.07, 6.45) is 2.78. The summed E-state index contributed by atoms with van der Waals surface area (Å²) < 4.78 is 24.0. The lowest BCUT2D eigenvalue weighted by Gasteiger charge is -2.09. The Kier molecular flexibility index (Phi) is 4.23. The highest BCUT2D eigenvalue weighted by molar-refractivity contribution is 7.91. The second kappa shape index (κ2) is 5.92. The minimum Gasteiger partial charge on any atom is -0.366 e. The zero-order chi connectivity index (χ0) is 15.5. The van der Waals surface area contributed by atoms with Gasteiger partial charge in [-0.2, -0.15) is 0 Å². The highest BCUT2D eigenvalue weighted by Gasteiger charge is 2.20. The number of aromatic amines is 1. The minimum absolute atomic E-state index is 0.0163. The van der Waals surface area contributed by atoms with E-state index in [9.17, 15) is 18.0 Å². The molecule has 0 bridgehead atoms. The molecule has 0 radical (unpaired) electrons. The lowest BCUT2D eigenvalue weighted by Crippen LogP contribution is -2.20. The third kappa shape index (κ3) is 3.19. The Morgan fingerprint density at radius 1 is 1.24 bits per heavy atom. The van der Waals surface area contributed by atoms with Crippen molar-refractivity contribution in [3.63, 3.8) is 0 Å². The van der Waals surface area contributed by atoms with E-state index in [2.05, 4.69) is 10.3 Å². The maximum absolute atomic E-state index is 12.2. The summed E-state index contributed by atoms with van der Waals surface area (Å²) in [4.78, 5) is 26.4. The van der Waals surface area contributed by atoms with E-state index in [4.69, 9.17) is 0 Å². The Hall–Kier alpha value is -2.41. The Bertz CT molecular complexity index is 825. The summed E-state index contributed by atoms with van der Waals surface area (Å²) in [7, 11) is -3.52. The maximum Gasteiger partial charge on any atom is 0.257 e. The Morgan fingerprint density at radius 3 is 2.62 bits per heavy atom. The average Bonchev–Trinajstić information content (AvgIpc) is 2.49. The van der Waals surface area contributed by atoms with Gasteiger partial charge in [0.2, 0.25) is 5.43 Å². The maximum atomic E-state index is 12.2. The van der Waals surface area contributed by atoms with Crippen molar-refractivity contribution < 1.29 is 13.2 Å². The second-order valence-corrected chi connectivity index (χ2v) is 6.52. The molecule has 0 aliphatic carbocycles. The predicted molar refractivity (Wildman–Crippen MR) is 79.2 cm³/mol. The molecule has 2 rings (SSSR count). The smallest absolute Gasteiger partial charge is 0.257 e.